The van der Waals surface area contributed by atoms with Crippen LogP contribution in [0.1, 0.15) is 26.7 Å². The van der Waals surface area contributed by atoms with E-state index < -0.39 is 5.82 Å². The minimum absolute atomic E-state index is 0.0420. The van der Waals surface area contributed by atoms with Gasteiger partial charge in [0.1, 0.15) is 5.82 Å². The van der Waals surface area contributed by atoms with Crippen molar-refractivity contribution in [2.45, 2.75) is 32.7 Å². The summed E-state index contributed by atoms with van der Waals surface area (Å²) >= 11 is 5.64. The molecule has 0 aromatic heterocycles. The first kappa shape index (κ1) is 14.8. The van der Waals surface area contributed by atoms with Crippen molar-refractivity contribution in [3.05, 3.63) is 29.0 Å². The van der Waals surface area contributed by atoms with Crippen LogP contribution in [-0.2, 0) is 4.79 Å². The van der Waals surface area contributed by atoms with Gasteiger partial charge in [-0.25, -0.2) is 4.39 Å². The van der Waals surface area contributed by atoms with Gasteiger partial charge in [0, 0.05) is 11.7 Å². The molecule has 2 N–H and O–H groups in total. The molecule has 0 aliphatic heterocycles. The standard InChI is InChI=1S/C13H18ClFN2O/c1-3-9(4-2)17-13(18)8-16-10-5-6-12(15)11(14)7-10/h5-7,9,16H,3-4,8H2,1-2H3,(H,17,18). The molecule has 0 unspecified atom stereocenters. The number of benzene rings is 1. The smallest absolute Gasteiger partial charge is 0.239 e. The number of hydrogen-bond donors (Lipinski definition) is 2. The fraction of sp³-hybridized carbons (Fsp3) is 0.462. The first-order valence-corrected chi connectivity index (χ1v) is 6.42. The van der Waals surface area contributed by atoms with Crippen molar-refractivity contribution in [2.24, 2.45) is 0 Å². The van der Waals surface area contributed by atoms with E-state index in [4.69, 9.17) is 11.6 Å². The average Bonchev–Trinajstić information content (AvgIpc) is 2.37. The quantitative estimate of drug-likeness (QED) is 0.835. The molecule has 0 radical (unpaired) electrons. The number of carbonyl (C=O) groups excluding carboxylic acids is 1. The lowest BCUT2D eigenvalue weighted by Crippen LogP contribution is -2.37. The van der Waals surface area contributed by atoms with Crippen LogP contribution in [0.3, 0.4) is 0 Å². The van der Waals surface area contributed by atoms with E-state index in [-0.39, 0.29) is 23.5 Å². The Bertz CT molecular complexity index is 408. The average molecular weight is 273 g/mol. The zero-order chi connectivity index (χ0) is 13.5. The van der Waals surface area contributed by atoms with Crippen LogP contribution in [0.2, 0.25) is 5.02 Å². The fourth-order valence-corrected chi connectivity index (χ4v) is 1.74. The van der Waals surface area contributed by atoms with E-state index >= 15 is 0 Å². The molecular formula is C13H18ClFN2O. The van der Waals surface area contributed by atoms with Crippen molar-refractivity contribution in [1.82, 2.24) is 5.32 Å². The Morgan fingerprint density at radius 2 is 2.06 bits per heavy atom. The minimum Gasteiger partial charge on any atom is -0.376 e. The lowest BCUT2D eigenvalue weighted by molar-refractivity contribution is -0.120. The highest BCUT2D eigenvalue weighted by molar-refractivity contribution is 6.31. The fourth-order valence-electron chi connectivity index (χ4n) is 1.56. The third-order valence-corrected chi connectivity index (χ3v) is 3.01. The van der Waals surface area contributed by atoms with Gasteiger partial charge in [0.25, 0.3) is 0 Å². The number of carbonyl (C=O) groups is 1. The molecule has 0 aliphatic rings. The topological polar surface area (TPSA) is 41.1 Å². The SMILES string of the molecule is CCC(CC)NC(=O)CNc1ccc(F)c(Cl)c1. The normalized spacial score (nSPS) is 10.5. The summed E-state index contributed by atoms with van der Waals surface area (Å²) in [7, 11) is 0. The van der Waals surface area contributed by atoms with Gasteiger partial charge in [0.15, 0.2) is 0 Å². The maximum atomic E-state index is 12.9. The van der Waals surface area contributed by atoms with Crippen LogP contribution in [0.4, 0.5) is 10.1 Å². The van der Waals surface area contributed by atoms with Crippen LogP contribution in [0.15, 0.2) is 18.2 Å². The molecule has 0 bridgehead atoms. The molecule has 18 heavy (non-hydrogen) atoms. The second-order valence-electron chi connectivity index (χ2n) is 4.06. The van der Waals surface area contributed by atoms with Gasteiger partial charge in [-0.15, -0.1) is 0 Å². The van der Waals surface area contributed by atoms with Gasteiger partial charge >= 0.3 is 0 Å². The third kappa shape index (κ3) is 4.53. The van der Waals surface area contributed by atoms with Crippen molar-refractivity contribution in [3.63, 3.8) is 0 Å². The second-order valence-corrected chi connectivity index (χ2v) is 4.47. The summed E-state index contributed by atoms with van der Waals surface area (Å²) in [6, 6.07) is 4.48. The Balaban J connectivity index is 2.44. The van der Waals surface area contributed by atoms with Gasteiger partial charge < -0.3 is 10.6 Å². The first-order valence-electron chi connectivity index (χ1n) is 6.05. The highest BCUT2D eigenvalue weighted by Crippen LogP contribution is 2.18. The zero-order valence-electron chi connectivity index (χ0n) is 10.6. The number of anilines is 1. The van der Waals surface area contributed by atoms with E-state index in [1.165, 1.54) is 12.1 Å². The van der Waals surface area contributed by atoms with Gasteiger partial charge in [-0.1, -0.05) is 25.4 Å². The molecule has 0 heterocycles. The monoisotopic (exact) mass is 272 g/mol. The Morgan fingerprint density at radius 1 is 1.39 bits per heavy atom. The van der Waals surface area contributed by atoms with Crippen molar-refractivity contribution in [2.75, 3.05) is 11.9 Å². The van der Waals surface area contributed by atoms with Crippen molar-refractivity contribution < 1.29 is 9.18 Å². The van der Waals surface area contributed by atoms with Crippen molar-refractivity contribution in [1.29, 1.82) is 0 Å². The number of rotatable bonds is 6. The molecule has 0 spiro atoms. The van der Waals surface area contributed by atoms with Crippen LogP contribution in [0.25, 0.3) is 0 Å². The second kappa shape index (κ2) is 7.21. The summed E-state index contributed by atoms with van der Waals surface area (Å²) in [5, 5.41) is 5.85. The molecule has 3 nitrogen and oxygen atoms in total. The molecule has 0 saturated heterocycles. The molecule has 0 atom stereocenters. The van der Waals surface area contributed by atoms with Gasteiger partial charge in [-0.05, 0) is 31.0 Å². The molecular weight excluding hydrogens is 255 g/mol. The van der Waals surface area contributed by atoms with Gasteiger partial charge in [0.05, 0.1) is 11.6 Å². The highest BCUT2D eigenvalue weighted by Gasteiger charge is 2.08. The van der Waals surface area contributed by atoms with Gasteiger partial charge in [-0.2, -0.15) is 0 Å². The maximum absolute atomic E-state index is 12.9. The lowest BCUT2D eigenvalue weighted by Gasteiger charge is -2.15. The van der Waals surface area contributed by atoms with Gasteiger partial charge in [-0.3, -0.25) is 4.79 Å². The molecule has 100 valence electrons. The number of halogens is 2. The summed E-state index contributed by atoms with van der Waals surface area (Å²) in [6.07, 6.45) is 1.81. The summed E-state index contributed by atoms with van der Waals surface area (Å²) < 4.78 is 12.9. The predicted molar refractivity (Wildman–Crippen MR) is 72.4 cm³/mol. The summed E-state index contributed by atoms with van der Waals surface area (Å²) in [5.74, 6) is -0.548. The van der Waals surface area contributed by atoms with E-state index in [9.17, 15) is 9.18 Å². The molecule has 0 saturated carbocycles. The molecule has 1 amide bonds. The van der Waals surface area contributed by atoms with E-state index in [0.717, 1.165) is 12.8 Å². The van der Waals surface area contributed by atoms with E-state index in [1.54, 1.807) is 6.07 Å². The van der Waals surface area contributed by atoms with Crippen LogP contribution < -0.4 is 10.6 Å². The van der Waals surface area contributed by atoms with E-state index in [1.807, 2.05) is 13.8 Å². The summed E-state index contributed by atoms with van der Waals surface area (Å²) in [6.45, 7) is 4.21. The number of hydrogen-bond acceptors (Lipinski definition) is 2. The molecule has 1 rings (SSSR count). The van der Waals surface area contributed by atoms with Crippen LogP contribution in [0, 0.1) is 5.82 Å². The first-order chi connectivity index (χ1) is 8.56. The van der Waals surface area contributed by atoms with E-state index in [2.05, 4.69) is 10.6 Å². The van der Waals surface area contributed by atoms with E-state index in [0.29, 0.717) is 5.69 Å². The Morgan fingerprint density at radius 3 is 2.61 bits per heavy atom. The summed E-state index contributed by atoms with van der Waals surface area (Å²) in [5.41, 5.74) is 0.626. The highest BCUT2D eigenvalue weighted by atomic mass is 35.5. The molecule has 0 fully saturated rings. The Hall–Kier alpha value is -1.29. The van der Waals surface area contributed by atoms with Crippen LogP contribution in [-0.4, -0.2) is 18.5 Å². The summed E-state index contributed by atoms with van der Waals surface area (Å²) in [4.78, 5) is 11.6. The predicted octanol–water partition coefficient (Wildman–Crippen LogP) is 3.20. The maximum Gasteiger partial charge on any atom is 0.239 e. The van der Waals surface area contributed by atoms with Crippen molar-refractivity contribution in [3.8, 4) is 0 Å². The van der Waals surface area contributed by atoms with Crippen LogP contribution >= 0.6 is 11.6 Å². The lowest BCUT2D eigenvalue weighted by atomic mass is 10.2. The Kier molecular flexibility index (Phi) is 5.92. The zero-order valence-corrected chi connectivity index (χ0v) is 11.4. The molecule has 1 aromatic carbocycles. The number of amides is 1. The van der Waals surface area contributed by atoms with Crippen molar-refractivity contribution >= 4 is 23.2 Å². The Labute approximate surface area is 112 Å². The molecule has 5 heteroatoms. The number of nitrogens with one attached hydrogen (secondary N) is 2. The van der Waals surface area contributed by atoms with Crippen LogP contribution in [0.5, 0.6) is 0 Å². The third-order valence-electron chi connectivity index (χ3n) is 2.72. The van der Waals surface area contributed by atoms with Gasteiger partial charge in [0.2, 0.25) is 5.91 Å². The molecule has 1 aromatic rings. The minimum atomic E-state index is -0.469. The largest absolute Gasteiger partial charge is 0.376 e. The molecule has 0 aliphatic carbocycles.